The Hall–Kier alpha value is -4.97. The minimum Gasteiger partial charge on any atom is -0.462 e. The standard InChI is InChI=1S/C67H104O6/c1-4-7-10-13-16-19-22-25-28-31-33-36-38-41-44-47-50-53-56-59-65(68)71-62-64(73-67(70)61-58-55-52-49-46-43-40-35-30-27-24-21-18-15-12-9-6-3)63-72-66(69)60-57-54-51-48-45-42-39-37-34-32-29-26-23-20-17-14-11-8-5-2/h7,9-10,12,16-21,25-30,33-34,36-37,40-45,64H,4-6,8,11,13-15,22-24,31-32,35,38-39,46-63H2,1-3H3/b10-7-,12-9-,19-16-,20-17-,21-18-,28-25-,29-26-,30-27-,36-33-,37-34-,43-40-,44-41-,45-42-/t64-/m1/s1. The van der Waals surface area contributed by atoms with Crippen LogP contribution in [0.2, 0.25) is 0 Å². The summed E-state index contributed by atoms with van der Waals surface area (Å²) in [5.41, 5.74) is 0. The highest BCUT2D eigenvalue weighted by Crippen LogP contribution is 2.12. The number of carbonyl (C=O) groups is 3. The Balaban J connectivity index is 4.59. The molecule has 0 fully saturated rings. The molecule has 0 aliphatic carbocycles. The Labute approximate surface area is 448 Å². The smallest absolute Gasteiger partial charge is 0.306 e. The fourth-order valence-electron chi connectivity index (χ4n) is 7.21. The van der Waals surface area contributed by atoms with Gasteiger partial charge >= 0.3 is 17.9 Å². The van der Waals surface area contributed by atoms with E-state index in [1.165, 1.54) is 25.7 Å². The molecule has 0 unspecified atom stereocenters. The van der Waals surface area contributed by atoms with Crippen molar-refractivity contribution in [1.29, 1.82) is 0 Å². The summed E-state index contributed by atoms with van der Waals surface area (Å²) in [5.74, 6) is -1.02. The lowest BCUT2D eigenvalue weighted by Crippen LogP contribution is -2.30. The third-order valence-electron chi connectivity index (χ3n) is 11.5. The van der Waals surface area contributed by atoms with E-state index >= 15 is 0 Å². The molecular weight excluding hydrogens is 901 g/mol. The molecule has 408 valence electrons. The van der Waals surface area contributed by atoms with Gasteiger partial charge in [0.25, 0.3) is 0 Å². The van der Waals surface area contributed by atoms with Crippen molar-refractivity contribution in [1.82, 2.24) is 0 Å². The molecule has 0 radical (unpaired) electrons. The van der Waals surface area contributed by atoms with Gasteiger partial charge in [-0.15, -0.1) is 0 Å². The summed E-state index contributed by atoms with van der Waals surface area (Å²) in [6.45, 7) is 6.29. The van der Waals surface area contributed by atoms with Gasteiger partial charge in [-0.1, -0.05) is 217 Å². The van der Waals surface area contributed by atoms with E-state index in [9.17, 15) is 14.4 Å². The number of ether oxygens (including phenoxy) is 3. The monoisotopic (exact) mass is 1000 g/mol. The van der Waals surface area contributed by atoms with E-state index in [1.807, 2.05) is 0 Å². The molecule has 73 heavy (non-hydrogen) atoms. The molecule has 6 nitrogen and oxygen atoms in total. The van der Waals surface area contributed by atoms with Crippen LogP contribution >= 0.6 is 0 Å². The molecule has 0 saturated carbocycles. The second-order valence-corrected chi connectivity index (χ2v) is 18.4. The van der Waals surface area contributed by atoms with Crippen molar-refractivity contribution in [2.75, 3.05) is 13.2 Å². The maximum absolute atomic E-state index is 12.9. The molecular formula is C67H104O6. The Kier molecular flexibility index (Phi) is 55.5. The molecule has 0 aliphatic rings. The quantitative estimate of drug-likeness (QED) is 0.0261. The summed E-state index contributed by atoms with van der Waals surface area (Å²) in [6.07, 6.45) is 86.5. The summed E-state index contributed by atoms with van der Waals surface area (Å²) >= 11 is 0. The lowest BCUT2D eigenvalue weighted by molar-refractivity contribution is -0.167. The number of carbonyl (C=O) groups excluding carboxylic acids is 3. The van der Waals surface area contributed by atoms with Gasteiger partial charge in [-0.05, 0) is 148 Å². The minimum atomic E-state index is -0.827. The molecule has 0 aromatic carbocycles. The SMILES string of the molecule is CC/C=C\C/C=C\C/C=C\C/C=C\C/C=C\CCCCCC(=O)OC[C@H](COC(=O)CCCCC/C=C\C/C=C\C/C=C\C/C=C\CCCCC)OC(=O)CCCCCC/C=C\C/C=C\C/C=C\C/C=C\CC. The van der Waals surface area contributed by atoms with Gasteiger partial charge in [-0.2, -0.15) is 0 Å². The van der Waals surface area contributed by atoms with Crippen molar-refractivity contribution in [3.05, 3.63) is 158 Å². The van der Waals surface area contributed by atoms with Crippen molar-refractivity contribution in [2.24, 2.45) is 0 Å². The number of allylic oxidation sites excluding steroid dienone is 26. The number of unbranched alkanes of at least 4 members (excludes halogenated alkanes) is 13. The third-order valence-corrected chi connectivity index (χ3v) is 11.5. The van der Waals surface area contributed by atoms with E-state index in [4.69, 9.17) is 14.2 Å². The Morgan fingerprint density at radius 3 is 0.836 bits per heavy atom. The van der Waals surface area contributed by atoms with Crippen LogP contribution in [0.4, 0.5) is 0 Å². The van der Waals surface area contributed by atoms with Crippen LogP contribution in [0.25, 0.3) is 0 Å². The largest absolute Gasteiger partial charge is 0.462 e. The van der Waals surface area contributed by atoms with E-state index in [0.29, 0.717) is 12.8 Å². The van der Waals surface area contributed by atoms with Crippen LogP contribution in [-0.2, 0) is 28.6 Å². The number of hydrogen-bond donors (Lipinski definition) is 0. The number of esters is 3. The van der Waals surface area contributed by atoms with E-state index in [2.05, 4.69) is 179 Å². The van der Waals surface area contributed by atoms with Crippen molar-refractivity contribution in [3.63, 3.8) is 0 Å². The zero-order valence-electron chi connectivity index (χ0n) is 46.6. The topological polar surface area (TPSA) is 78.9 Å². The van der Waals surface area contributed by atoms with Crippen molar-refractivity contribution < 1.29 is 28.6 Å². The molecule has 0 saturated heterocycles. The fourth-order valence-corrected chi connectivity index (χ4v) is 7.21. The van der Waals surface area contributed by atoms with Crippen molar-refractivity contribution >= 4 is 17.9 Å². The average Bonchev–Trinajstić information content (AvgIpc) is 3.39. The summed E-state index contributed by atoms with van der Waals surface area (Å²) in [5, 5.41) is 0. The highest BCUT2D eigenvalue weighted by Gasteiger charge is 2.19. The first-order valence-corrected chi connectivity index (χ1v) is 29.0. The van der Waals surface area contributed by atoms with Crippen molar-refractivity contribution in [2.45, 2.75) is 232 Å². The fraction of sp³-hybridized carbons (Fsp3) is 0.567. The zero-order valence-corrected chi connectivity index (χ0v) is 46.6. The molecule has 6 heteroatoms. The number of rotatable bonds is 50. The van der Waals surface area contributed by atoms with Crippen LogP contribution < -0.4 is 0 Å². The van der Waals surface area contributed by atoms with E-state index < -0.39 is 6.10 Å². The van der Waals surface area contributed by atoms with Gasteiger partial charge in [0.1, 0.15) is 13.2 Å². The Morgan fingerprint density at radius 2 is 0.534 bits per heavy atom. The molecule has 0 aromatic rings. The van der Waals surface area contributed by atoms with Gasteiger partial charge in [0.2, 0.25) is 0 Å². The average molecular weight is 1010 g/mol. The Bertz CT molecular complexity index is 1670. The first-order valence-electron chi connectivity index (χ1n) is 29.0. The normalized spacial score (nSPS) is 13.3. The van der Waals surface area contributed by atoms with Gasteiger partial charge in [0, 0.05) is 19.3 Å². The molecule has 0 N–H and O–H groups in total. The van der Waals surface area contributed by atoms with Crippen LogP contribution in [0.3, 0.4) is 0 Å². The van der Waals surface area contributed by atoms with Gasteiger partial charge < -0.3 is 14.2 Å². The predicted molar refractivity (Wildman–Crippen MR) is 315 cm³/mol. The molecule has 0 bridgehead atoms. The molecule has 0 spiro atoms. The van der Waals surface area contributed by atoms with E-state index in [-0.39, 0.29) is 37.5 Å². The molecule has 0 heterocycles. The van der Waals surface area contributed by atoms with Crippen molar-refractivity contribution in [3.8, 4) is 0 Å². The summed E-state index contributed by atoms with van der Waals surface area (Å²) in [4.78, 5) is 38.2. The molecule has 0 aromatic heterocycles. The zero-order chi connectivity index (χ0) is 52.9. The second-order valence-electron chi connectivity index (χ2n) is 18.4. The lowest BCUT2D eigenvalue weighted by Gasteiger charge is -2.18. The Morgan fingerprint density at radius 1 is 0.288 bits per heavy atom. The molecule has 0 rings (SSSR count). The van der Waals surface area contributed by atoms with E-state index in [0.717, 1.165) is 161 Å². The summed E-state index contributed by atoms with van der Waals surface area (Å²) in [7, 11) is 0. The summed E-state index contributed by atoms with van der Waals surface area (Å²) < 4.78 is 16.8. The van der Waals surface area contributed by atoms with Gasteiger partial charge in [-0.25, -0.2) is 0 Å². The highest BCUT2D eigenvalue weighted by atomic mass is 16.6. The third kappa shape index (κ3) is 57.8. The van der Waals surface area contributed by atoms with Crippen LogP contribution in [-0.4, -0.2) is 37.2 Å². The summed E-state index contributed by atoms with van der Waals surface area (Å²) in [6, 6.07) is 0. The first-order chi connectivity index (χ1) is 36.0. The maximum atomic E-state index is 12.9. The highest BCUT2D eigenvalue weighted by molar-refractivity contribution is 5.71. The molecule has 1 atom stereocenters. The molecule has 0 amide bonds. The first kappa shape index (κ1) is 68.0. The van der Waals surface area contributed by atoms with Crippen LogP contribution in [0.15, 0.2) is 158 Å². The van der Waals surface area contributed by atoms with E-state index in [1.54, 1.807) is 0 Å². The number of hydrogen-bond acceptors (Lipinski definition) is 6. The van der Waals surface area contributed by atoms with Crippen LogP contribution in [0, 0.1) is 0 Å². The second kappa shape index (κ2) is 59.6. The van der Waals surface area contributed by atoms with Crippen LogP contribution in [0.1, 0.15) is 226 Å². The minimum absolute atomic E-state index is 0.123. The molecule has 0 aliphatic heterocycles. The van der Waals surface area contributed by atoms with Gasteiger partial charge in [0.15, 0.2) is 6.10 Å². The lowest BCUT2D eigenvalue weighted by atomic mass is 10.1. The van der Waals surface area contributed by atoms with Gasteiger partial charge in [-0.3, -0.25) is 14.4 Å². The van der Waals surface area contributed by atoms with Crippen LogP contribution in [0.5, 0.6) is 0 Å². The maximum Gasteiger partial charge on any atom is 0.306 e. The predicted octanol–water partition coefficient (Wildman–Crippen LogP) is 19.8. The van der Waals surface area contributed by atoms with Gasteiger partial charge in [0.05, 0.1) is 0 Å².